The molecule has 2 saturated heterocycles. The van der Waals surface area contributed by atoms with Crippen LogP contribution in [0.3, 0.4) is 0 Å². The highest BCUT2D eigenvalue weighted by Crippen LogP contribution is 2.26. The molecule has 0 aromatic heterocycles. The fraction of sp³-hybridized carbons (Fsp3) is 0.878. The maximum Gasteiger partial charge on any atom is 0.306 e. The van der Waals surface area contributed by atoms with Crippen molar-refractivity contribution >= 4 is 11.9 Å². The van der Waals surface area contributed by atoms with Crippen LogP contribution in [0.15, 0.2) is 24.3 Å². The topological polar surface area (TPSA) is 231 Å². The molecule has 2 fully saturated rings. The van der Waals surface area contributed by atoms with Gasteiger partial charge >= 0.3 is 11.9 Å². The van der Waals surface area contributed by atoms with Gasteiger partial charge in [0.05, 0.1) is 19.8 Å². The molecule has 64 heavy (non-hydrogen) atoms. The van der Waals surface area contributed by atoms with E-state index in [2.05, 4.69) is 38.2 Å². The number of carbonyl (C=O) groups is 2. The zero-order chi connectivity index (χ0) is 46.8. The van der Waals surface area contributed by atoms with Gasteiger partial charge in [0.2, 0.25) is 0 Å². The molecule has 0 radical (unpaired) electrons. The first-order valence-electron chi connectivity index (χ1n) is 24.9. The summed E-state index contributed by atoms with van der Waals surface area (Å²) in [7, 11) is 0. The minimum Gasteiger partial charge on any atom is -0.462 e. The van der Waals surface area contributed by atoms with E-state index in [4.69, 9.17) is 28.4 Å². The average molecular weight is 917 g/mol. The summed E-state index contributed by atoms with van der Waals surface area (Å²) in [6.07, 6.45) is 19.2. The van der Waals surface area contributed by atoms with Crippen molar-refractivity contribution < 1.29 is 73.8 Å². The predicted octanol–water partition coefficient (Wildman–Crippen LogP) is 6.38. The van der Waals surface area contributed by atoms with Gasteiger partial charge < -0.3 is 64.2 Å². The molecule has 0 bridgehead atoms. The van der Waals surface area contributed by atoms with Gasteiger partial charge in [-0.3, -0.25) is 9.59 Å². The van der Waals surface area contributed by atoms with Gasteiger partial charge in [-0.25, -0.2) is 0 Å². The molecule has 7 N–H and O–H groups in total. The molecule has 2 aliphatic heterocycles. The van der Waals surface area contributed by atoms with Gasteiger partial charge in [0, 0.05) is 12.8 Å². The molecule has 0 aliphatic carbocycles. The van der Waals surface area contributed by atoms with Crippen LogP contribution in [0.1, 0.15) is 181 Å². The monoisotopic (exact) mass is 917 g/mol. The molecule has 15 heteroatoms. The Labute approximate surface area is 383 Å². The van der Waals surface area contributed by atoms with Crippen LogP contribution in [0.2, 0.25) is 0 Å². The molecule has 0 aromatic carbocycles. The highest BCUT2D eigenvalue weighted by atomic mass is 16.7. The second kappa shape index (κ2) is 37.0. The van der Waals surface area contributed by atoms with Crippen molar-refractivity contribution in [2.45, 2.75) is 248 Å². The lowest BCUT2D eigenvalue weighted by Crippen LogP contribution is -2.61. The predicted molar refractivity (Wildman–Crippen MR) is 243 cm³/mol. The summed E-state index contributed by atoms with van der Waals surface area (Å²) in [5.41, 5.74) is 0. The molecular weight excluding hydrogens is 829 g/mol. The second-order valence-corrected chi connectivity index (χ2v) is 17.6. The minimum absolute atomic E-state index is 0.160. The molecule has 0 saturated carbocycles. The SMILES string of the molecule is CCCCCC/C=C/CCCCCCCCCC(=O)O[C@H](COC(=O)CCCCCCC/C=C/CCCCCC)CO[C@@H]1O[C@H](CO[C@@H]2O[C@H](CO)[C@H](O)C(O)C2O)[C@H](O)C(O)C1O. The zero-order valence-electron chi connectivity index (χ0n) is 39.3. The van der Waals surface area contributed by atoms with Crippen LogP contribution >= 0.6 is 0 Å². The third-order valence-electron chi connectivity index (χ3n) is 11.9. The van der Waals surface area contributed by atoms with Crippen molar-refractivity contribution in [2.24, 2.45) is 0 Å². The van der Waals surface area contributed by atoms with Crippen molar-refractivity contribution in [2.75, 3.05) is 26.4 Å². The highest BCUT2D eigenvalue weighted by molar-refractivity contribution is 5.70. The maximum absolute atomic E-state index is 13.0. The molecule has 2 heterocycles. The normalized spacial score (nSPS) is 26.8. The van der Waals surface area contributed by atoms with Crippen LogP contribution in [0.5, 0.6) is 0 Å². The lowest BCUT2D eigenvalue weighted by atomic mass is 9.98. The lowest BCUT2D eigenvalue weighted by Gasteiger charge is -2.42. The smallest absolute Gasteiger partial charge is 0.306 e. The number of ether oxygens (including phenoxy) is 6. The Morgan fingerprint density at radius 3 is 1.38 bits per heavy atom. The second-order valence-electron chi connectivity index (χ2n) is 17.6. The van der Waals surface area contributed by atoms with Gasteiger partial charge in [0.15, 0.2) is 18.7 Å². The molecule has 0 spiro atoms. The molecule has 2 aliphatic rings. The summed E-state index contributed by atoms with van der Waals surface area (Å²) in [4.78, 5) is 25.7. The van der Waals surface area contributed by atoms with Gasteiger partial charge in [-0.1, -0.05) is 128 Å². The molecule has 0 aromatic rings. The number of hydrogen-bond acceptors (Lipinski definition) is 15. The molecule has 0 amide bonds. The van der Waals surface area contributed by atoms with Gasteiger partial charge in [0.1, 0.15) is 55.4 Å². The van der Waals surface area contributed by atoms with Crippen LogP contribution in [0.4, 0.5) is 0 Å². The van der Waals surface area contributed by atoms with E-state index in [0.29, 0.717) is 12.8 Å². The van der Waals surface area contributed by atoms with Crippen LogP contribution in [-0.2, 0) is 38.0 Å². The molecule has 15 nitrogen and oxygen atoms in total. The fourth-order valence-electron chi connectivity index (χ4n) is 7.73. The Hall–Kier alpha value is -2.02. The summed E-state index contributed by atoms with van der Waals surface area (Å²) < 4.78 is 33.5. The van der Waals surface area contributed by atoms with Gasteiger partial charge in [-0.15, -0.1) is 0 Å². The average Bonchev–Trinajstić information content (AvgIpc) is 3.29. The van der Waals surface area contributed by atoms with E-state index >= 15 is 0 Å². The summed E-state index contributed by atoms with van der Waals surface area (Å²) in [5.74, 6) is -0.938. The summed E-state index contributed by atoms with van der Waals surface area (Å²) in [6, 6.07) is 0. The van der Waals surface area contributed by atoms with Crippen LogP contribution in [0.25, 0.3) is 0 Å². The van der Waals surface area contributed by atoms with E-state index in [1.54, 1.807) is 0 Å². The number of hydrogen-bond donors (Lipinski definition) is 7. The lowest BCUT2D eigenvalue weighted by molar-refractivity contribution is -0.332. The zero-order valence-corrected chi connectivity index (χ0v) is 39.3. The van der Waals surface area contributed by atoms with Crippen molar-refractivity contribution in [1.82, 2.24) is 0 Å². The maximum atomic E-state index is 13.0. The number of allylic oxidation sites excluding steroid dienone is 4. The molecule has 374 valence electrons. The van der Waals surface area contributed by atoms with E-state index in [-0.39, 0.29) is 26.1 Å². The first kappa shape index (κ1) is 58.1. The first-order valence-corrected chi connectivity index (χ1v) is 24.9. The third-order valence-corrected chi connectivity index (χ3v) is 11.9. The number of aliphatic hydroxyl groups is 7. The number of rotatable bonds is 38. The van der Waals surface area contributed by atoms with Crippen molar-refractivity contribution in [3.63, 3.8) is 0 Å². The number of aliphatic hydroxyl groups excluding tert-OH is 7. The van der Waals surface area contributed by atoms with E-state index in [9.17, 15) is 45.3 Å². The van der Waals surface area contributed by atoms with Crippen molar-refractivity contribution in [3.8, 4) is 0 Å². The largest absolute Gasteiger partial charge is 0.462 e. The molecule has 11 atom stereocenters. The summed E-state index contributed by atoms with van der Waals surface area (Å²) in [5, 5.41) is 72.0. The molecular formula is C49H88O15. The Morgan fingerprint density at radius 1 is 0.484 bits per heavy atom. The quantitative estimate of drug-likeness (QED) is 0.0203. The third kappa shape index (κ3) is 25.2. The van der Waals surface area contributed by atoms with Crippen LogP contribution < -0.4 is 0 Å². The molecule has 4 unspecified atom stereocenters. The van der Waals surface area contributed by atoms with E-state index in [0.717, 1.165) is 70.6 Å². The van der Waals surface area contributed by atoms with Gasteiger partial charge in [-0.05, 0) is 64.2 Å². The van der Waals surface area contributed by atoms with E-state index < -0.39 is 92.7 Å². The Morgan fingerprint density at radius 2 is 0.891 bits per heavy atom. The van der Waals surface area contributed by atoms with Crippen molar-refractivity contribution in [1.29, 1.82) is 0 Å². The number of unbranched alkanes of at least 4 members (excludes halogenated alkanes) is 20. The van der Waals surface area contributed by atoms with E-state index in [1.165, 1.54) is 70.6 Å². The van der Waals surface area contributed by atoms with E-state index in [1.807, 2.05) is 0 Å². The summed E-state index contributed by atoms with van der Waals surface area (Å²) >= 11 is 0. The van der Waals surface area contributed by atoms with Gasteiger partial charge in [0.25, 0.3) is 0 Å². The molecule has 2 rings (SSSR count). The Balaban J connectivity index is 1.83. The number of carbonyl (C=O) groups excluding carboxylic acids is 2. The van der Waals surface area contributed by atoms with Gasteiger partial charge in [-0.2, -0.15) is 0 Å². The van der Waals surface area contributed by atoms with Crippen LogP contribution in [-0.4, -0.2) is 142 Å². The fourth-order valence-corrected chi connectivity index (χ4v) is 7.73. The number of esters is 2. The Bertz CT molecular complexity index is 1220. The Kier molecular flexibility index (Phi) is 33.6. The summed E-state index contributed by atoms with van der Waals surface area (Å²) in [6.45, 7) is 2.55. The highest BCUT2D eigenvalue weighted by Gasteiger charge is 2.47. The standard InChI is InChI=1S/C49H88O15/c1-3-5-7-9-11-13-15-17-18-20-22-24-26-28-30-32-41(52)62-37(34-59-40(51)31-29-27-25-23-21-19-16-14-12-10-8-6-4-2)35-60-48-47(58)45(56)43(54)39(64-48)36-61-49-46(57)44(55)42(53)38(33-50)63-49/h13-16,37-39,42-50,53-58H,3-12,17-36H2,1-2H3/b15-13+,16-14+/t37-,38-,39-,42+,43+,44?,45?,46?,47?,48-,49-/m1/s1. The van der Waals surface area contributed by atoms with Crippen LogP contribution in [0, 0.1) is 0 Å². The first-order chi connectivity index (χ1) is 31.0. The van der Waals surface area contributed by atoms with Crippen molar-refractivity contribution in [3.05, 3.63) is 24.3 Å². The minimum atomic E-state index is -1.76.